The molecule has 0 spiro atoms. The molecule has 112 valence electrons. The van der Waals surface area contributed by atoms with E-state index in [1.54, 1.807) is 12.0 Å². The van der Waals surface area contributed by atoms with E-state index in [9.17, 15) is 4.79 Å². The first kappa shape index (κ1) is 16.6. The summed E-state index contributed by atoms with van der Waals surface area (Å²) in [6, 6.07) is 0. The molecule has 1 saturated heterocycles. The number of halogens is 1. The average molecular weight is 299 g/mol. The molecule has 1 amide bonds. The van der Waals surface area contributed by atoms with E-state index in [0.29, 0.717) is 5.76 Å². The van der Waals surface area contributed by atoms with Gasteiger partial charge in [-0.2, -0.15) is 0 Å². The maximum atomic E-state index is 10.7. The Kier molecular flexibility index (Phi) is 7.23. The van der Waals surface area contributed by atoms with Gasteiger partial charge in [0.25, 0.3) is 0 Å². The number of carbonyl (C=O) groups excluding carboxylic acids is 1. The summed E-state index contributed by atoms with van der Waals surface area (Å²) in [5.41, 5.74) is 1.14. The van der Waals surface area contributed by atoms with Crippen molar-refractivity contribution in [2.24, 2.45) is 0 Å². The fraction of sp³-hybridized carbons (Fsp3) is 0.533. The lowest BCUT2D eigenvalue weighted by molar-refractivity contribution is -0.119. The van der Waals surface area contributed by atoms with Gasteiger partial charge in [-0.1, -0.05) is 18.7 Å². The third-order valence-electron chi connectivity index (χ3n) is 3.19. The van der Waals surface area contributed by atoms with Gasteiger partial charge in [0.05, 0.1) is 7.11 Å². The van der Waals surface area contributed by atoms with E-state index in [4.69, 9.17) is 16.3 Å². The van der Waals surface area contributed by atoms with E-state index >= 15 is 0 Å². The third-order valence-corrected chi connectivity index (χ3v) is 3.33. The fourth-order valence-corrected chi connectivity index (χ4v) is 2.12. The summed E-state index contributed by atoms with van der Waals surface area (Å²) >= 11 is 5.91. The van der Waals surface area contributed by atoms with Crippen LogP contribution in [0.4, 0.5) is 0 Å². The Labute approximate surface area is 126 Å². The summed E-state index contributed by atoms with van der Waals surface area (Å²) in [6.45, 7) is 8.91. The molecule has 0 radical (unpaired) electrons. The van der Waals surface area contributed by atoms with Crippen molar-refractivity contribution in [3.63, 3.8) is 0 Å². The molecule has 20 heavy (non-hydrogen) atoms. The number of nitrogens with zero attached hydrogens (tertiary/aromatic N) is 2. The van der Waals surface area contributed by atoms with Gasteiger partial charge in [0.1, 0.15) is 5.76 Å². The largest absolute Gasteiger partial charge is 0.497 e. The predicted octanol–water partition coefficient (Wildman–Crippen LogP) is 2.38. The molecule has 1 aliphatic rings. The Morgan fingerprint density at radius 3 is 2.55 bits per heavy atom. The maximum Gasteiger partial charge on any atom is 0.209 e. The van der Waals surface area contributed by atoms with Crippen molar-refractivity contribution in [2.45, 2.75) is 18.7 Å². The van der Waals surface area contributed by atoms with Gasteiger partial charge in [-0.05, 0) is 13.0 Å². The van der Waals surface area contributed by atoms with E-state index in [2.05, 4.69) is 17.6 Å². The van der Waals surface area contributed by atoms with Crippen LogP contribution in [0.2, 0.25) is 0 Å². The predicted molar refractivity (Wildman–Crippen MR) is 82.5 cm³/mol. The smallest absolute Gasteiger partial charge is 0.209 e. The topological polar surface area (TPSA) is 32.8 Å². The molecule has 1 rings (SSSR count). The summed E-state index contributed by atoms with van der Waals surface area (Å²) < 4.78 is 5.13. The number of alkyl halides is 1. The number of ether oxygens (including phenoxy) is 1. The monoisotopic (exact) mass is 298 g/mol. The number of allylic oxidation sites excluding steroid dienone is 3. The standard InChI is InChI=1S/C15H23ClN2O2/c1-13(16)5-4-6-15(11-14(2)20-3)18-9-7-17(12-19)8-10-18/h4-5,11-13H,2,6-10H2,1,3H3/b5-4-,15-11+. The molecule has 0 bridgehead atoms. The van der Waals surface area contributed by atoms with Crippen LogP contribution in [-0.4, -0.2) is 54.9 Å². The van der Waals surface area contributed by atoms with Crippen molar-refractivity contribution in [2.75, 3.05) is 33.3 Å². The Morgan fingerprint density at radius 2 is 2.05 bits per heavy atom. The van der Waals surface area contributed by atoms with E-state index in [0.717, 1.165) is 44.7 Å². The van der Waals surface area contributed by atoms with Crippen LogP contribution in [0.1, 0.15) is 13.3 Å². The van der Waals surface area contributed by atoms with Gasteiger partial charge in [-0.25, -0.2) is 0 Å². The number of methoxy groups -OCH3 is 1. The maximum absolute atomic E-state index is 10.7. The highest BCUT2D eigenvalue weighted by Gasteiger charge is 2.17. The van der Waals surface area contributed by atoms with Crippen LogP contribution < -0.4 is 0 Å². The summed E-state index contributed by atoms with van der Waals surface area (Å²) in [6.07, 6.45) is 7.65. The first-order valence-corrected chi connectivity index (χ1v) is 7.19. The minimum atomic E-state index is 0.0220. The van der Waals surface area contributed by atoms with Crippen LogP contribution in [0.5, 0.6) is 0 Å². The minimum Gasteiger partial charge on any atom is -0.497 e. The van der Waals surface area contributed by atoms with Crippen molar-refractivity contribution in [3.05, 3.63) is 36.3 Å². The Bertz CT molecular complexity index is 383. The molecular formula is C15H23ClN2O2. The normalized spacial score (nSPS) is 18.2. The van der Waals surface area contributed by atoms with Gasteiger partial charge >= 0.3 is 0 Å². The van der Waals surface area contributed by atoms with Gasteiger partial charge in [0.2, 0.25) is 6.41 Å². The van der Waals surface area contributed by atoms with Crippen molar-refractivity contribution in [1.82, 2.24) is 9.80 Å². The molecule has 1 fully saturated rings. The van der Waals surface area contributed by atoms with Crippen LogP contribution in [0.25, 0.3) is 0 Å². The number of rotatable bonds is 7. The lowest BCUT2D eigenvalue weighted by Crippen LogP contribution is -2.45. The van der Waals surface area contributed by atoms with E-state index in [1.807, 2.05) is 19.1 Å². The molecular weight excluding hydrogens is 276 g/mol. The summed E-state index contributed by atoms with van der Waals surface area (Å²) in [4.78, 5) is 14.8. The van der Waals surface area contributed by atoms with E-state index in [1.165, 1.54) is 0 Å². The summed E-state index contributed by atoms with van der Waals surface area (Å²) in [5.74, 6) is 0.630. The number of carbonyl (C=O) groups is 1. The van der Waals surface area contributed by atoms with Gasteiger partial charge in [-0.3, -0.25) is 4.79 Å². The fourth-order valence-electron chi connectivity index (χ4n) is 2.01. The molecule has 1 atom stereocenters. The van der Waals surface area contributed by atoms with Gasteiger partial charge in [-0.15, -0.1) is 11.6 Å². The van der Waals surface area contributed by atoms with Crippen LogP contribution in [0.3, 0.4) is 0 Å². The highest BCUT2D eigenvalue weighted by atomic mass is 35.5. The summed E-state index contributed by atoms with van der Waals surface area (Å²) in [5, 5.41) is 0.0220. The highest BCUT2D eigenvalue weighted by molar-refractivity contribution is 6.21. The first-order chi connectivity index (χ1) is 9.56. The van der Waals surface area contributed by atoms with Crippen LogP contribution in [0, 0.1) is 0 Å². The van der Waals surface area contributed by atoms with Crippen LogP contribution >= 0.6 is 11.6 Å². The molecule has 1 heterocycles. The lowest BCUT2D eigenvalue weighted by atomic mass is 10.2. The van der Waals surface area contributed by atoms with Crippen molar-refractivity contribution >= 4 is 18.0 Å². The Morgan fingerprint density at radius 1 is 1.40 bits per heavy atom. The van der Waals surface area contributed by atoms with Gasteiger partial charge < -0.3 is 14.5 Å². The summed E-state index contributed by atoms with van der Waals surface area (Å²) in [7, 11) is 1.61. The van der Waals surface area contributed by atoms with Crippen LogP contribution in [-0.2, 0) is 9.53 Å². The third kappa shape index (κ3) is 5.70. The molecule has 0 aromatic carbocycles. The molecule has 0 N–H and O–H groups in total. The Balaban J connectivity index is 2.70. The molecule has 0 aromatic rings. The van der Waals surface area contributed by atoms with E-state index in [-0.39, 0.29) is 5.38 Å². The minimum absolute atomic E-state index is 0.0220. The first-order valence-electron chi connectivity index (χ1n) is 6.75. The van der Waals surface area contributed by atoms with E-state index < -0.39 is 0 Å². The SMILES string of the molecule is C=C(/C=C(\C/C=C\C(C)Cl)N1CCN(C=O)CC1)OC. The molecule has 1 unspecified atom stereocenters. The second-order valence-electron chi connectivity index (χ2n) is 4.74. The van der Waals surface area contributed by atoms with Crippen molar-refractivity contribution in [1.29, 1.82) is 0 Å². The number of hydrogen-bond donors (Lipinski definition) is 0. The number of piperazine rings is 1. The zero-order chi connectivity index (χ0) is 15.0. The molecule has 5 heteroatoms. The molecule has 1 aliphatic heterocycles. The lowest BCUT2D eigenvalue weighted by Gasteiger charge is -2.35. The second kappa shape index (κ2) is 8.69. The molecule has 0 aliphatic carbocycles. The molecule has 0 saturated carbocycles. The second-order valence-corrected chi connectivity index (χ2v) is 5.43. The van der Waals surface area contributed by atoms with Crippen molar-refractivity contribution < 1.29 is 9.53 Å². The highest BCUT2D eigenvalue weighted by Crippen LogP contribution is 2.16. The average Bonchev–Trinajstić information content (AvgIpc) is 2.45. The zero-order valence-corrected chi connectivity index (χ0v) is 13.0. The van der Waals surface area contributed by atoms with Crippen LogP contribution in [0.15, 0.2) is 36.3 Å². The molecule has 4 nitrogen and oxygen atoms in total. The van der Waals surface area contributed by atoms with Gasteiger partial charge in [0.15, 0.2) is 0 Å². The quantitative estimate of drug-likeness (QED) is 0.238. The number of amides is 1. The Hall–Kier alpha value is -1.42. The number of hydrogen-bond acceptors (Lipinski definition) is 3. The molecule has 0 aromatic heterocycles. The zero-order valence-electron chi connectivity index (χ0n) is 12.2. The van der Waals surface area contributed by atoms with Gasteiger partial charge in [0, 0.05) is 43.7 Å². The van der Waals surface area contributed by atoms with Crippen molar-refractivity contribution in [3.8, 4) is 0 Å².